The van der Waals surface area contributed by atoms with Crippen molar-refractivity contribution in [2.24, 2.45) is 5.92 Å². The van der Waals surface area contributed by atoms with Gasteiger partial charge in [0.25, 0.3) is 0 Å². The van der Waals surface area contributed by atoms with E-state index in [-0.39, 0.29) is 0 Å². The fourth-order valence-corrected chi connectivity index (χ4v) is 3.22. The maximum atomic E-state index is 5.65. The first kappa shape index (κ1) is 39.9. The third-order valence-corrected chi connectivity index (χ3v) is 5.89. The molecule has 0 spiro atoms. The summed E-state index contributed by atoms with van der Waals surface area (Å²) in [6.45, 7) is 16.0. The molecule has 0 saturated heterocycles. The smallest absolute Gasteiger partial charge is 0.0701 e. The Morgan fingerprint density at radius 2 is 0.650 bits per heavy atom. The van der Waals surface area contributed by atoms with Crippen molar-refractivity contribution in [3.63, 3.8) is 0 Å². The van der Waals surface area contributed by atoms with Crippen molar-refractivity contribution < 1.29 is 47.4 Å². The Hall–Kier alpha value is -0.110. The van der Waals surface area contributed by atoms with E-state index in [4.69, 9.17) is 59.0 Å². The van der Waals surface area contributed by atoms with Crippen LogP contribution in [0, 0.1) is 5.92 Å². The first-order chi connectivity index (χ1) is 19.8. The van der Waals surface area contributed by atoms with Crippen LogP contribution in [0.5, 0.6) is 0 Å². The lowest BCUT2D eigenvalue weighted by Gasteiger charge is -2.10. The molecule has 0 radical (unpaired) electrons. The second-order valence-electron chi connectivity index (χ2n) is 9.20. The molecule has 1 unspecified atom stereocenters. The fourth-order valence-electron chi connectivity index (χ4n) is 3.03. The lowest BCUT2D eigenvalue weighted by molar-refractivity contribution is -0.0268. The van der Waals surface area contributed by atoms with Crippen LogP contribution in [0.2, 0.25) is 0 Å². The van der Waals surface area contributed by atoms with Gasteiger partial charge in [-0.2, -0.15) is 0 Å². The zero-order chi connectivity index (χ0) is 29.0. The van der Waals surface area contributed by atoms with Crippen LogP contribution in [0.3, 0.4) is 0 Å². The van der Waals surface area contributed by atoms with Crippen molar-refractivity contribution in [3.8, 4) is 0 Å². The van der Waals surface area contributed by atoms with Crippen molar-refractivity contribution in [2.75, 3.05) is 138 Å². The molecule has 0 rings (SSSR count). The molecular formula is C29H59ClO10. The number of hydrogen-bond donors (Lipinski definition) is 0. The van der Waals surface area contributed by atoms with Crippen LogP contribution in [-0.2, 0) is 47.4 Å². The Balaban J connectivity index is 3.03. The third kappa shape index (κ3) is 35.9. The molecule has 0 aliphatic rings. The summed E-state index contributed by atoms with van der Waals surface area (Å²) >= 11 is 5.65. The van der Waals surface area contributed by atoms with Crippen molar-refractivity contribution >= 4 is 11.6 Å². The molecule has 0 amide bonds. The largest absolute Gasteiger partial charge is 0.379 e. The lowest BCUT2D eigenvalue weighted by Crippen LogP contribution is -2.15. The Kier molecular flexibility index (Phi) is 36.8. The molecular weight excluding hydrogens is 544 g/mol. The molecule has 1 atom stereocenters. The van der Waals surface area contributed by atoms with Crippen LogP contribution >= 0.6 is 11.6 Å². The molecule has 0 heterocycles. The van der Waals surface area contributed by atoms with Crippen LogP contribution in [0.25, 0.3) is 0 Å². The highest BCUT2D eigenvalue weighted by molar-refractivity contribution is 6.17. The van der Waals surface area contributed by atoms with Gasteiger partial charge >= 0.3 is 0 Å². The molecule has 0 aromatic heterocycles. The minimum Gasteiger partial charge on any atom is -0.379 e. The standard InChI is InChI=1S/C29H59ClO10/c1-3-29(2)28-40-27-26-39-25-24-38-23-22-37-21-20-36-19-18-35-17-16-34-15-14-33-13-12-32-11-10-31-9-7-5-4-6-8-30/h29H,3-28H2,1-2H3. The summed E-state index contributed by atoms with van der Waals surface area (Å²) in [5.74, 6) is 1.35. The normalized spacial score (nSPS) is 12.4. The van der Waals surface area contributed by atoms with Gasteiger partial charge in [-0.15, -0.1) is 11.6 Å². The molecule has 0 N–H and O–H groups in total. The monoisotopic (exact) mass is 602 g/mol. The van der Waals surface area contributed by atoms with Gasteiger partial charge < -0.3 is 47.4 Å². The van der Waals surface area contributed by atoms with Crippen LogP contribution in [0.15, 0.2) is 0 Å². The van der Waals surface area contributed by atoms with Gasteiger partial charge in [-0.05, 0) is 18.8 Å². The van der Waals surface area contributed by atoms with Crippen LogP contribution < -0.4 is 0 Å². The van der Waals surface area contributed by atoms with E-state index < -0.39 is 0 Å². The molecule has 0 aliphatic carbocycles. The number of ether oxygens (including phenoxy) is 10. The summed E-state index contributed by atoms with van der Waals surface area (Å²) in [7, 11) is 0. The van der Waals surface area contributed by atoms with Gasteiger partial charge in [-0.1, -0.05) is 33.1 Å². The van der Waals surface area contributed by atoms with E-state index in [9.17, 15) is 0 Å². The summed E-state index contributed by atoms with van der Waals surface area (Å²) in [4.78, 5) is 0. The van der Waals surface area contributed by atoms with Crippen molar-refractivity contribution in [3.05, 3.63) is 0 Å². The average Bonchev–Trinajstić information content (AvgIpc) is 2.97. The Labute approximate surface area is 248 Å². The first-order valence-corrected chi connectivity index (χ1v) is 15.7. The molecule has 10 nitrogen and oxygen atoms in total. The highest BCUT2D eigenvalue weighted by Crippen LogP contribution is 2.01. The van der Waals surface area contributed by atoms with Crippen LogP contribution in [0.4, 0.5) is 0 Å². The number of unbranched alkanes of at least 4 members (excludes halogenated alkanes) is 3. The summed E-state index contributed by atoms with van der Waals surface area (Å²) in [6.07, 6.45) is 5.65. The molecule has 0 aromatic rings. The number of alkyl halides is 1. The zero-order valence-corrected chi connectivity index (χ0v) is 26.2. The molecule has 40 heavy (non-hydrogen) atoms. The van der Waals surface area contributed by atoms with E-state index in [1.807, 2.05) is 0 Å². The van der Waals surface area contributed by atoms with E-state index in [1.54, 1.807) is 0 Å². The molecule has 0 bridgehead atoms. The van der Waals surface area contributed by atoms with E-state index in [0.717, 1.165) is 38.4 Å². The predicted molar refractivity (Wildman–Crippen MR) is 157 cm³/mol. The summed E-state index contributed by atoms with van der Waals surface area (Å²) in [6, 6.07) is 0. The van der Waals surface area contributed by atoms with E-state index in [2.05, 4.69) is 13.8 Å². The molecule has 0 fully saturated rings. The van der Waals surface area contributed by atoms with Crippen molar-refractivity contribution in [1.82, 2.24) is 0 Å². The van der Waals surface area contributed by atoms with Gasteiger partial charge in [-0.3, -0.25) is 0 Å². The second kappa shape index (κ2) is 36.9. The molecule has 11 heteroatoms. The second-order valence-corrected chi connectivity index (χ2v) is 9.58. The summed E-state index contributed by atoms with van der Waals surface area (Å²) < 4.78 is 54.8. The number of hydrogen-bond acceptors (Lipinski definition) is 10. The molecule has 0 aliphatic heterocycles. The third-order valence-electron chi connectivity index (χ3n) is 5.62. The fraction of sp³-hybridized carbons (Fsp3) is 1.00. The molecule has 0 saturated carbocycles. The van der Waals surface area contributed by atoms with Crippen LogP contribution in [-0.4, -0.2) is 138 Å². The van der Waals surface area contributed by atoms with Gasteiger partial charge in [0.2, 0.25) is 0 Å². The van der Waals surface area contributed by atoms with E-state index >= 15 is 0 Å². The first-order valence-electron chi connectivity index (χ1n) is 15.1. The van der Waals surface area contributed by atoms with Gasteiger partial charge in [-0.25, -0.2) is 0 Å². The van der Waals surface area contributed by atoms with E-state index in [0.29, 0.717) is 125 Å². The number of halogens is 1. The minimum atomic E-state index is 0.528. The topological polar surface area (TPSA) is 92.3 Å². The van der Waals surface area contributed by atoms with Crippen LogP contribution in [0.1, 0.15) is 46.0 Å². The lowest BCUT2D eigenvalue weighted by atomic mass is 10.1. The summed E-state index contributed by atoms with van der Waals surface area (Å²) in [5.41, 5.74) is 0. The zero-order valence-electron chi connectivity index (χ0n) is 25.4. The Morgan fingerprint density at radius 1 is 0.375 bits per heavy atom. The molecule has 0 aromatic carbocycles. The van der Waals surface area contributed by atoms with Gasteiger partial charge in [0.15, 0.2) is 0 Å². The summed E-state index contributed by atoms with van der Waals surface area (Å²) in [5, 5.41) is 0. The predicted octanol–water partition coefficient (Wildman–Crippen LogP) is 4.00. The van der Waals surface area contributed by atoms with Crippen molar-refractivity contribution in [2.45, 2.75) is 46.0 Å². The number of rotatable bonds is 36. The van der Waals surface area contributed by atoms with Gasteiger partial charge in [0.1, 0.15) is 0 Å². The van der Waals surface area contributed by atoms with E-state index in [1.165, 1.54) is 12.8 Å². The SMILES string of the molecule is CCC(C)COCCOCCOCCOCCOCCOCCOCCOCCOCCOCCCCCCCl. The Bertz CT molecular complexity index is 451. The Morgan fingerprint density at radius 3 is 0.950 bits per heavy atom. The maximum absolute atomic E-state index is 5.65. The highest BCUT2D eigenvalue weighted by Gasteiger charge is 1.99. The highest BCUT2D eigenvalue weighted by atomic mass is 35.5. The quantitative estimate of drug-likeness (QED) is 0.0774. The maximum Gasteiger partial charge on any atom is 0.0701 e. The van der Waals surface area contributed by atoms with Gasteiger partial charge in [0, 0.05) is 19.1 Å². The molecule has 242 valence electrons. The van der Waals surface area contributed by atoms with Gasteiger partial charge in [0.05, 0.1) is 119 Å². The minimum absolute atomic E-state index is 0.528. The average molecular weight is 603 g/mol. The van der Waals surface area contributed by atoms with Crippen molar-refractivity contribution in [1.29, 1.82) is 0 Å².